The van der Waals surface area contributed by atoms with Crippen LogP contribution in [0.5, 0.6) is 0 Å². The van der Waals surface area contributed by atoms with Crippen LogP contribution in [0.25, 0.3) is 0 Å². The Morgan fingerprint density at radius 1 is 1.10 bits per heavy atom. The summed E-state index contributed by atoms with van der Waals surface area (Å²) in [4.78, 5) is 26.2. The Hall–Kier alpha value is -1.06. The van der Waals surface area contributed by atoms with Crippen molar-refractivity contribution in [1.82, 2.24) is 10.2 Å². The van der Waals surface area contributed by atoms with Crippen LogP contribution in [0.3, 0.4) is 0 Å². The highest BCUT2D eigenvalue weighted by molar-refractivity contribution is 5.84. The zero-order valence-corrected chi connectivity index (χ0v) is 13.4. The Morgan fingerprint density at radius 2 is 1.62 bits per heavy atom. The number of nitrogens with zero attached hydrogens (tertiary/aromatic N) is 1. The van der Waals surface area contributed by atoms with E-state index < -0.39 is 0 Å². The van der Waals surface area contributed by atoms with Gasteiger partial charge in [0.1, 0.15) is 0 Å². The largest absolute Gasteiger partial charge is 0.355 e. The summed E-state index contributed by atoms with van der Waals surface area (Å²) in [6, 6.07) is 0. The van der Waals surface area contributed by atoms with Crippen molar-refractivity contribution in [1.29, 1.82) is 0 Å². The second-order valence-electron chi connectivity index (χ2n) is 7.61. The fraction of sp³-hybridized carbons (Fsp3) is 0.882. The van der Waals surface area contributed by atoms with E-state index in [1.165, 1.54) is 19.3 Å². The molecule has 4 fully saturated rings. The maximum absolute atomic E-state index is 12.7. The molecular formula is C17H28N2O2. The Balaban J connectivity index is 1.53. The van der Waals surface area contributed by atoms with Crippen LogP contribution in [0, 0.1) is 23.2 Å². The van der Waals surface area contributed by atoms with Crippen LogP contribution < -0.4 is 5.32 Å². The van der Waals surface area contributed by atoms with E-state index in [9.17, 15) is 9.59 Å². The van der Waals surface area contributed by atoms with Gasteiger partial charge in [-0.2, -0.15) is 0 Å². The number of nitrogens with one attached hydrogen (secondary N) is 1. The van der Waals surface area contributed by atoms with Crippen LogP contribution in [0.4, 0.5) is 0 Å². The lowest BCUT2D eigenvalue weighted by Gasteiger charge is -2.55. The second-order valence-corrected chi connectivity index (χ2v) is 7.61. The van der Waals surface area contributed by atoms with E-state index in [0.29, 0.717) is 13.0 Å². The molecule has 0 spiro atoms. The summed E-state index contributed by atoms with van der Waals surface area (Å²) in [6.45, 7) is 3.18. The summed E-state index contributed by atoms with van der Waals surface area (Å²) >= 11 is 0. The summed E-state index contributed by atoms with van der Waals surface area (Å²) in [5.74, 6) is 2.71. The van der Waals surface area contributed by atoms with Crippen LogP contribution in [0.1, 0.15) is 51.9 Å². The third-order valence-electron chi connectivity index (χ3n) is 6.04. The molecule has 0 aromatic rings. The van der Waals surface area contributed by atoms with Crippen molar-refractivity contribution in [3.8, 4) is 0 Å². The average molecular weight is 292 g/mol. The van der Waals surface area contributed by atoms with E-state index in [1.807, 2.05) is 14.0 Å². The molecule has 4 saturated carbocycles. The van der Waals surface area contributed by atoms with Crippen LogP contribution in [-0.2, 0) is 9.59 Å². The summed E-state index contributed by atoms with van der Waals surface area (Å²) in [5.41, 5.74) is -0.0888. The lowest BCUT2D eigenvalue weighted by molar-refractivity contribution is -0.146. The van der Waals surface area contributed by atoms with Gasteiger partial charge in [-0.25, -0.2) is 0 Å². The van der Waals surface area contributed by atoms with Crippen LogP contribution in [0.2, 0.25) is 0 Å². The molecule has 4 nitrogen and oxygen atoms in total. The highest BCUT2D eigenvalue weighted by Crippen LogP contribution is 2.60. The fourth-order valence-electron chi connectivity index (χ4n) is 5.23. The van der Waals surface area contributed by atoms with Gasteiger partial charge in [0.15, 0.2) is 0 Å². The first-order valence-corrected chi connectivity index (χ1v) is 8.54. The third-order valence-corrected chi connectivity index (χ3v) is 6.04. The van der Waals surface area contributed by atoms with Gasteiger partial charge in [-0.3, -0.25) is 9.59 Å². The SMILES string of the molecule is CCN(C)C(=O)CCNC(=O)C12CC3CC(CC(C3)C1)C2. The Kier molecular flexibility index (Phi) is 3.98. The number of hydrogen-bond donors (Lipinski definition) is 1. The first-order valence-electron chi connectivity index (χ1n) is 8.54. The van der Waals surface area contributed by atoms with Crippen molar-refractivity contribution in [2.24, 2.45) is 23.2 Å². The van der Waals surface area contributed by atoms with Gasteiger partial charge < -0.3 is 10.2 Å². The maximum atomic E-state index is 12.7. The summed E-state index contributed by atoms with van der Waals surface area (Å²) in [5, 5.41) is 3.06. The molecule has 4 bridgehead atoms. The average Bonchev–Trinajstić information content (AvgIpc) is 2.44. The summed E-state index contributed by atoms with van der Waals surface area (Å²) in [6.07, 6.45) is 7.75. The van der Waals surface area contributed by atoms with Crippen LogP contribution >= 0.6 is 0 Å². The van der Waals surface area contributed by atoms with E-state index in [-0.39, 0.29) is 17.2 Å². The van der Waals surface area contributed by atoms with Crippen LogP contribution in [-0.4, -0.2) is 36.9 Å². The molecule has 21 heavy (non-hydrogen) atoms. The van der Waals surface area contributed by atoms with Crippen molar-refractivity contribution in [2.75, 3.05) is 20.1 Å². The highest BCUT2D eigenvalue weighted by atomic mass is 16.2. The van der Waals surface area contributed by atoms with Gasteiger partial charge in [0, 0.05) is 32.0 Å². The van der Waals surface area contributed by atoms with Gasteiger partial charge in [-0.1, -0.05) is 0 Å². The quantitative estimate of drug-likeness (QED) is 0.844. The third kappa shape index (κ3) is 2.82. The van der Waals surface area contributed by atoms with Gasteiger partial charge in [-0.05, 0) is 63.2 Å². The minimum absolute atomic E-state index is 0.0888. The minimum Gasteiger partial charge on any atom is -0.355 e. The van der Waals surface area contributed by atoms with Gasteiger partial charge in [0.2, 0.25) is 11.8 Å². The van der Waals surface area contributed by atoms with Crippen molar-refractivity contribution in [3.05, 3.63) is 0 Å². The predicted molar refractivity (Wildman–Crippen MR) is 81.5 cm³/mol. The first kappa shape index (κ1) is 14.9. The van der Waals surface area contributed by atoms with Crippen molar-refractivity contribution < 1.29 is 9.59 Å². The highest BCUT2D eigenvalue weighted by Gasteiger charge is 2.54. The van der Waals surface area contributed by atoms with E-state index in [2.05, 4.69) is 5.32 Å². The molecule has 0 aromatic heterocycles. The Bertz CT molecular complexity index is 397. The number of carbonyl (C=O) groups is 2. The molecule has 0 unspecified atom stereocenters. The molecule has 4 aliphatic carbocycles. The van der Waals surface area contributed by atoms with Crippen molar-refractivity contribution >= 4 is 11.8 Å². The molecule has 4 heteroatoms. The minimum atomic E-state index is -0.0888. The molecule has 2 amide bonds. The predicted octanol–water partition coefficient (Wildman–Crippen LogP) is 2.19. The van der Waals surface area contributed by atoms with Gasteiger partial charge in [-0.15, -0.1) is 0 Å². The maximum Gasteiger partial charge on any atom is 0.226 e. The number of hydrogen-bond acceptors (Lipinski definition) is 2. The summed E-state index contributed by atoms with van der Waals surface area (Å²) < 4.78 is 0. The lowest BCUT2D eigenvalue weighted by atomic mass is 9.49. The Morgan fingerprint density at radius 3 is 2.10 bits per heavy atom. The van der Waals surface area contributed by atoms with E-state index in [1.54, 1.807) is 4.90 Å². The molecule has 0 atom stereocenters. The van der Waals surface area contributed by atoms with E-state index >= 15 is 0 Å². The second kappa shape index (κ2) is 5.62. The molecule has 118 valence electrons. The van der Waals surface area contributed by atoms with Gasteiger partial charge >= 0.3 is 0 Å². The van der Waals surface area contributed by atoms with Crippen molar-refractivity contribution in [2.45, 2.75) is 51.9 Å². The van der Waals surface area contributed by atoms with E-state index in [0.717, 1.165) is 43.6 Å². The number of rotatable bonds is 5. The zero-order chi connectivity index (χ0) is 15.0. The summed E-state index contributed by atoms with van der Waals surface area (Å²) in [7, 11) is 1.81. The Labute approximate surface area is 127 Å². The smallest absolute Gasteiger partial charge is 0.226 e. The molecule has 4 rings (SSSR count). The van der Waals surface area contributed by atoms with Crippen molar-refractivity contribution in [3.63, 3.8) is 0 Å². The molecule has 0 radical (unpaired) electrons. The molecule has 0 aromatic carbocycles. The molecule has 0 saturated heterocycles. The normalized spacial score (nSPS) is 36.6. The van der Waals surface area contributed by atoms with Crippen LogP contribution in [0.15, 0.2) is 0 Å². The topological polar surface area (TPSA) is 49.4 Å². The monoisotopic (exact) mass is 292 g/mol. The lowest BCUT2D eigenvalue weighted by Crippen LogP contribution is -2.53. The fourth-order valence-corrected chi connectivity index (χ4v) is 5.23. The van der Waals surface area contributed by atoms with Gasteiger partial charge in [0.25, 0.3) is 0 Å². The molecular weight excluding hydrogens is 264 g/mol. The number of carbonyl (C=O) groups excluding carboxylic acids is 2. The standard InChI is InChI=1S/C17H28N2O2/c1-3-19(2)15(20)4-5-18-16(21)17-9-12-6-13(10-17)8-14(7-12)11-17/h12-14H,3-11H2,1-2H3,(H,18,21). The van der Waals surface area contributed by atoms with Gasteiger partial charge in [0.05, 0.1) is 0 Å². The first-order chi connectivity index (χ1) is 10.0. The zero-order valence-electron chi connectivity index (χ0n) is 13.4. The number of amides is 2. The molecule has 4 aliphatic rings. The molecule has 1 N–H and O–H groups in total. The molecule has 0 heterocycles. The van der Waals surface area contributed by atoms with E-state index in [4.69, 9.17) is 0 Å². The molecule has 0 aliphatic heterocycles.